The number of hydrogen-bond donors (Lipinski definition) is 4. The van der Waals surface area contributed by atoms with Gasteiger partial charge in [-0.3, -0.25) is 14.4 Å². The molecule has 0 unspecified atom stereocenters. The Labute approximate surface area is 204 Å². The molecule has 2 heterocycles. The van der Waals surface area contributed by atoms with Crippen molar-refractivity contribution < 1.29 is 14.4 Å². The van der Waals surface area contributed by atoms with Crippen molar-refractivity contribution in [2.24, 2.45) is 17.4 Å². The number of nitrogens with two attached hydrogens (primary N) is 2. The second-order valence-corrected chi connectivity index (χ2v) is 9.21. The number of carbonyl (C=O) groups is 3. The van der Waals surface area contributed by atoms with E-state index in [2.05, 4.69) is 15.3 Å². The standard InChI is InChI=1S/C26H32N6O3/c27-20-8-10-32(11-9-20)24(33)13-19(12-18-6-3-5-17-4-1-2-7-22(17)18)26(35)31-23(25(28)34)14-21-15-29-16-30-21/h1-7,15-16,19-20,23H,8-14,27H2,(H2,28,34)(H,29,30)(H,31,35)/t19-,23+/m1/s1. The first-order valence-corrected chi connectivity index (χ1v) is 12.0. The molecule has 0 aliphatic carbocycles. The Balaban J connectivity index is 1.55. The largest absolute Gasteiger partial charge is 0.368 e. The van der Waals surface area contributed by atoms with Gasteiger partial charge in [-0.15, -0.1) is 0 Å². The number of amides is 3. The van der Waals surface area contributed by atoms with Crippen molar-refractivity contribution in [3.63, 3.8) is 0 Å². The number of rotatable bonds is 9. The van der Waals surface area contributed by atoms with E-state index in [0.29, 0.717) is 25.2 Å². The number of fused-ring (bicyclic) bond motifs is 1. The van der Waals surface area contributed by atoms with Gasteiger partial charge < -0.3 is 26.7 Å². The summed E-state index contributed by atoms with van der Waals surface area (Å²) in [7, 11) is 0. The first kappa shape index (κ1) is 24.4. The fourth-order valence-electron chi connectivity index (χ4n) is 4.61. The Hall–Kier alpha value is -3.72. The summed E-state index contributed by atoms with van der Waals surface area (Å²) in [6, 6.07) is 13.1. The molecule has 9 nitrogen and oxygen atoms in total. The van der Waals surface area contributed by atoms with E-state index in [1.807, 2.05) is 42.5 Å². The number of aromatic nitrogens is 2. The third-order valence-corrected chi connectivity index (χ3v) is 6.67. The quantitative estimate of drug-likeness (QED) is 0.367. The van der Waals surface area contributed by atoms with Crippen LogP contribution in [0.25, 0.3) is 10.8 Å². The van der Waals surface area contributed by atoms with Gasteiger partial charge in [0.05, 0.1) is 12.2 Å². The molecule has 1 aliphatic heterocycles. The van der Waals surface area contributed by atoms with Gasteiger partial charge in [0.25, 0.3) is 0 Å². The average molecular weight is 477 g/mol. The molecule has 2 atom stereocenters. The number of H-pyrrole nitrogens is 1. The lowest BCUT2D eigenvalue weighted by Crippen LogP contribution is -2.49. The van der Waals surface area contributed by atoms with Crippen molar-refractivity contribution in [2.45, 2.75) is 44.2 Å². The van der Waals surface area contributed by atoms with Crippen molar-refractivity contribution in [1.82, 2.24) is 20.2 Å². The van der Waals surface area contributed by atoms with Crippen molar-refractivity contribution in [3.8, 4) is 0 Å². The molecule has 0 bridgehead atoms. The number of hydrogen-bond acceptors (Lipinski definition) is 5. The molecule has 3 amide bonds. The normalized spacial score (nSPS) is 16.1. The summed E-state index contributed by atoms with van der Waals surface area (Å²) in [5.74, 6) is -1.76. The zero-order valence-corrected chi connectivity index (χ0v) is 19.7. The smallest absolute Gasteiger partial charge is 0.240 e. The minimum absolute atomic E-state index is 0.0415. The molecule has 1 fully saturated rings. The van der Waals surface area contributed by atoms with Crippen molar-refractivity contribution in [2.75, 3.05) is 13.1 Å². The first-order chi connectivity index (χ1) is 16.9. The highest BCUT2D eigenvalue weighted by Crippen LogP contribution is 2.24. The number of imidazole rings is 1. The fourth-order valence-corrected chi connectivity index (χ4v) is 4.61. The number of benzene rings is 2. The summed E-state index contributed by atoms with van der Waals surface area (Å²) in [6.07, 6.45) is 5.18. The topological polar surface area (TPSA) is 147 Å². The zero-order chi connectivity index (χ0) is 24.8. The molecule has 0 saturated carbocycles. The lowest BCUT2D eigenvalue weighted by atomic mass is 9.91. The lowest BCUT2D eigenvalue weighted by Gasteiger charge is -2.31. The molecule has 9 heteroatoms. The second kappa shape index (κ2) is 11.1. The Morgan fingerprint density at radius 2 is 1.83 bits per heavy atom. The molecule has 1 saturated heterocycles. The predicted molar refractivity (Wildman–Crippen MR) is 133 cm³/mol. The van der Waals surface area contributed by atoms with E-state index >= 15 is 0 Å². The van der Waals surface area contributed by atoms with Gasteiger partial charge in [0.2, 0.25) is 17.7 Å². The summed E-state index contributed by atoms with van der Waals surface area (Å²) >= 11 is 0. The number of piperidine rings is 1. The summed E-state index contributed by atoms with van der Waals surface area (Å²) < 4.78 is 0. The van der Waals surface area contributed by atoms with E-state index in [9.17, 15) is 14.4 Å². The van der Waals surface area contributed by atoms with Gasteiger partial charge in [0, 0.05) is 43.9 Å². The number of nitrogens with one attached hydrogen (secondary N) is 2. The Morgan fingerprint density at radius 3 is 2.54 bits per heavy atom. The van der Waals surface area contributed by atoms with Crippen LogP contribution in [0.3, 0.4) is 0 Å². The zero-order valence-electron chi connectivity index (χ0n) is 19.7. The molecule has 3 aromatic rings. The number of aromatic amines is 1. The van der Waals surface area contributed by atoms with E-state index in [4.69, 9.17) is 11.5 Å². The molecule has 6 N–H and O–H groups in total. The maximum Gasteiger partial charge on any atom is 0.240 e. The molecule has 0 spiro atoms. The Bertz CT molecular complexity index is 1170. The van der Waals surface area contributed by atoms with Crippen molar-refractivity contribution >= 4 is 28.5 Å². The Kier molecular flexibility index (Phi) is 7.77. The van der Waals surface area contributed by atoms with Crippen LogP contribution < -0.4 is 16.8 Å². The Morgan fingerprint density at radius 1 is 1.09 bits per heavy atom. The van der Waals surface area contributed by atoms with Gasteiger partial charge in [-0.1, -0.05) is 42.5 Å². The van der Waals surface area contributed by atoms with Crippen LogP contribution >= 0.6 is 0 Å². The molecule has 35 heavy (non-hydrogen) atoms. The number of likely N-dealkylation sites (tertiary alicyclic amines) is 1. The second-order valence-electron chi connectivity index (χ2n) is 9.21. The van der Waals surface area contributed by atoms with E-state index < -0.39 is 17.9 Å². The number of nitrogens with zero attached hydrogens (tertiary/aromatic N) is 2. The summed E-state index contributed by atoms with van der Waals surface area (Å²) in [5.41, 5.74) is 13.2. The van der Waals surface area contributed by atoms with Gasteiger partial charge in [-0.25, -0.2) is 4.98 Å². The molecule has 184 valence electrons. The number of primary amides is 1. The third kappa shape index (κ3) is 6.24. The van der Waals surface area contributed by atoms with Crippen LogP contribution in [0.15, 0.2) is 55.0 Å². The van der Waals surface area contributed by atoms with Crippen LogP contribution in [0.4, 0.5) is 0 Å². The fraction of sp³-hybridized carbons (Fsp3) is 0.385. The highest BCUT2D eigenvalue weighted by molar-refractivity contribution is 5.91. The van der Waals surface area contributed by atoms with Gasteiger partial charge in [0.1, 0.15) is 6.04 Å². The minimum Gasteiger partial charge on any atom is -0.368 e. The van der Waals surface area contributed by atoms with Crippen LogP contribution in [-0.4, -0.2) is 57.8 Å². The van der Waals surface area contributed by atoms with Crippen LogP contribution in [0.1, 0.15) is 30.5 Å². The summed E-state index contributed by atoms with van der Waals surface area (Å²) in [6.45, 7) is 1.18. The van der Waals surface area contributed by atoms with E-state index in [1.54, 1.807) is 11.1 Å². The molecule has 1 aliphatic rings. The van der Waals surface area contributed by atoms with Gasteiger partial charge in [-0.05, 0) is 35.6 Å². The molecule has 1 aromatic heterocycles. The predicted octanol–water partition coefficient (Wildman–Crippen LogP) is 1.27. The monoisotopic (exact) mass is 476 g/mol. The minimum atomic E-state index is -0.916. The van der Waals surface area contributed by atoms with Crippen LogP contribution in [0.2, 0.25) is 0 Å². The van der Waals surface area contributed by atoms with Crippen LogP contribution in [-0.2, 0) is 27.2 Å². The molecular formula is C26H32N6O3. The van der Waals surface area contributed by atoms with E-state index in [-0.39, 0.29) is 30.7 Å². The lowest BCUT2D eigenvalue weighted by molar-refractivity contribution is -0.137. The highest BCUT2D eigenvalue weighted by atomic mass is 16.2. The average Bonchev–Trinajstić information content (AvgIpc) is 3.37. The highest BCUT2D eigenvalue weighted by Gasteiger charge is 2.30. The third-order valence-electron chi connectivity index (χ3n) is 6.67. The van der Waals surface area contributed by atoms with Crippen LogP contribution in [0.5, 0.6) is 0 Å². The first-order valence-electron chi connectivity index (χ1n) is 12.0. The molecule has 0 radical (unpaired) electrons. The molecule has 4 rings (SSSR count). The van der Waals surface area contributed by atoms with E-state index in [1.165, 1.54) is 6.33 Å². The molecule has 2 aromatic carbocycles. The van der Waals surface area contributed by atoms with Crippen LogP contribution in [0, 0.1) is 5.92 Å². The van der Waals surface area contributed by atoms with Gasteiger partial charge in [-0.2, -0.15) is 0 Å². The SMILES string of the molecule is NC(=O)[C@H](Cc1cnc[nH]1)NC(=O)[C@@H](CC(=O)N1CCC(N)CC1)Cc1cccc2ccccc12. The molecular weight excluding hydrogens is 444 g/mol. The maximum absolute atomic E-state index is 13.5. The summed E-state index contributed by atoms with van der Waals surface area (Å²) in [5, 5.41) is 4.89. The van der Waals surface area contributed by atoms with E-state index in [0.717, 1.165) is 29.2 Å². The summed E-state index contributed by atoms with van der Waals surface area (Å²) in [4.78, 5) is 47.4. The van der Waals surface area contributed by atoms with Crippen molar-refractivity contribution in [1.29, 1.82) is 0 Å². The van der Waals surface area contributed by atoms with Gasteiger partial charge >= 0.3 is 0 Å². The van der Waals surface area contributed by atoms with Gasteiger partial charge in [0.15, 0.2) is 0 Å². The number of carbonyl (C=O) groups excluding carboxylic acids is 3. The van der Waals surface area contributed by atoms with Crippen molar-refractivity contribution in [3.05, 3.63) is 66.2 Å². The maximum atomic E-state index is 13.5.